The average molecular weight is 458 g/mol. The maximum atomic E-state index is 14.0. The van der Waals surface area contributed by atoms with Crippen molar-refractivity contribution in [2.75, 3.05) is 13.1 Å². The number of hydrogen-bond acceptors (Lipinski definition) is 5. The van der Waals surface area contributed by atoms with E-state index in [9.17, 15) is 19.1 Å². The van der Waals surface area contributed by atoms with Crippen molar-refractivity contribution in [3.8, 4) is 16.9 Å². The van der Waals surface area contributed by atoms with Gasteiger partial charge in [0.2, 0.25) is 5.91 Å². The molecule has 2 aromatic carbocycles. The number of aliphatic hydroxyl groups excluding tert-OH is 1. The van der Waals surface area contributed by atoms with Crippen molar-refractivity contribution in [3.05, 3.63) is 54.3 Å². The molecule has 1 heterocycles. The molecule has 1 fully saturated rings. The predicted octanol–water partition coefficient (Wildman–Crippen LogP) is 2.89. The number of benzene rings is 2. The number of halogens is 1. The number of hydrogen-bond donors (Lipinski definition) is 3. The molecule has 0 aliphatic carbocycles. The Hall–Kier alpha value is -2.97. The number of hydroxylamine groups is 1. The monoisotopic (exact) mass is 457 g/mol. The molecule has 0 spiro atoms. The summed E-state index contributed by atoms with van der Waals surface area (Å²) in [5.74, 6) is -0.701. The second-order valence-electron chi connectivity index (χ2n) is 9.33. The molecule has 8 heteroatoms. The van der Waals surface area contributed by atoms with Gasteiger partial charge in [-0.2, -0.15) is 5.48 Å². The molecule has 0 unspecified atom stereocenters. The Kier molecular flexibility index (Phi) is 7.71. The van der Waals surface area contributed by atoms with E-state index in [1.165, 1.54) is 11.0 Å². The van der Waals surface area contributed by atoms with Crippen LogP contribution in [0.1, 0.15) is 34.1 Å². The number of likely N-dealkylation sites (tertiary alicyclic amines) is 1. The number of nitrogens with one attached hydrogen (secondary N) is 2. The third kappa shape index (κ3) is 5.89. The Bertz CT molecular complexity index is 974. The smallest absolute Gasteiger partial charge is 0.275 e. The molecule has 3 rings (SSSR count). The number of carbonyl (C=O) groups is 2. The van der Waals surface area contributed by atoms with Gasteiger partial charge < -0.3 is 20.2 Å². The van der Waals surface area contributed by atoms with Crippen molar-refractivity contribution >= 4 is 11.8 Å². The molecule has 1 aliphatic heterocycles. The topological polar surface area (TPSA) is 90.9 Å². The zero-order chi connectivity index (χ0) is 24.2. The van der Waals surface area contributed by atoms with E-state index in [0.717, 1.165) is 0 Å². The van der Waals surface area contributed by atoms with E-state index in [2.05, 4.69) is 10.8 Å². The third-order valence-corrected chi connectivity index (χ3v) is 5.69. The van der Waals surface area contributed by atoms with Crippen LogP contribution in [0.5, 0.6) is 5.75 Å². The van der Waals surface area contributed by atoms with Gasteiger partial charge in [0.25, 0.3) is 5.91 Å². The molecular formula is C25H32FN3O4. The summed E-state index contributed by atoms with van der Waals surface area (Å²) in [6.45, 7) is 8.47. The van der Waals surface area contributed by atoms with Crippen LogP contribution in [0.4, 0.5) is 4.39 Å². The first-order valence-corrected chi connectivity index (χ1v) is 11.2. The quantitative estimate of drug-likeness (QED) is 0.557. The second kappa shape index (κ2) is 10.3. The highest BCUT2D eigenvalue weighted by Crippen LogP contribution is 2.27. The van der Waals surface area contributed by atoms with Crippen LogP contribution < -0.4 is 15.6 Å². The molecule has 0 radical (unpaired) electrons. The number of nitrogens with zero attached hydrogens (tertiary/aromatic N) is 1. The summed E-state index contributed by atoms with van der Waals surface area (Å²) in [5.41, 5.74) is 3.17. The molecule has 3 atom stereocenters. The van der Waals surface area contributed by atoms with Gasteiger partial charge in [0.05, 0.1) is 12.1 Å². The molecule has 2 amide bonds. The molecule has 3 N–H and O–H groups in total. The fraction of sp³-hybridized carbons (Fsp3) is 0.440. The van der Waals surface area contributed by atoms with Gasteiger partial charge >= 0.3 is 0 Å². The number of β-amino-alcohol motifs (C(OH)–C–C–N with tert-alkyl or cyclic N) is 1. The lowest BCUT2D eigenvalue weighted by Crippen LogP contribution is -2.56. The van der Waals surface area contributed by atoms with Crippen LogP contribution in [0, 0.1) is 11.2 Å². The van der Waals surface area contributed by atoms with Crippen LogP contribution in [-0.4, -0.2) is 53.1 Å². The fourth-order valence-electron chi connectivity index (χ4n) is 4.01. The van der Waals surface area contributed by atoms with Crippen molar-refractivity contribution in [3.63, 3.8) is 0 Å². The van der Waals surface area contributed by atoms with E-state index in [4.69, 9.17) is 4.84 Å². The van der Waals surface area contributed by atoms with Crippen molar-refractivity contribution < 1.29 is 23.9 Å². The number of aliphatic hydroxyl groups is 1. The van der Waals surface area contributed by atoms with E-state index < -0.39 is 24.1 Å². The van der Waals surface area contributed by atoms with Crippen LogP contribution in [-0.2, 0) is 9.59 Å². The first kappa shape index (κ1) is 24.7. The zero-order valence-corrected chi connectivity index (χ0v) is 19.5. The number of carbonyl (C=O) groups excluding carboxylic acids is 2. The minimum atomic E-state index is -0.839. The van der Waals surface area contributed by atoms with Crippen LogP contribution >= 0.6 is 0 Å². The summed E-state index contributed by atoms with van der Waals surface area (Å²) < 4.78 is 14.0. The van der Waals surface area contributed by atoms with Crippen LogP contribution in [0.25, 0.3) is 11.1 Å². The SMILES string of the molecule is CCN[C@H](C(=O)N1C[C@H](O)C[C@H]1C(=O)NOc1ccc(-c2ccccc2F)cc1)C(C)(C)C. The molecule has 1 saturated heterocycles. The minimum absolute atomic E-state index is 0.0895. The van der Waals surface area contributed by atoms with Crippen molar-refractivity contribution in [1.29, 1.82) is 0 Å². The standard InChI is InChI=1S/C25H32FN3O4/c1-5-27-22(25(2,3)4)24(32)29-15-17(30)14-21(29)23(31)28-33-18-12-10-16(11-13-18)19-8-6-7-9-20(19)26/h6-13,17,21-22,27,30H,5,14-15H2,1-4H3,(H,28,31)/t17-,21+,22-/m1/s1. The van der Waals surface area contributed by atoms with Gasteiger partial charge in [-0.15, -0.1) is 0 Å². The Balaban J connectivity index is 1.66. The summed E-state index contributed by atoms with van der Waals surface area (Å²) in [6.07, 6.45) is -0.650. The van der Waals surface area contributed by atoms with Gasteiger partial charge in [0.1, 0.15) is 11.9 Å². The highest BCUT2D eigenvalue weighted by Gasteiger charge is 2.43. The maximum Gasteiger partial charge on any atom is 0.275 e. The van der Waals surface area contributed by atoms with Crippen LogP contribution in [0.15, 0.2) is 48.5 Å². The summed E-state index contributed by atoms with van der Waals surface area (Å²) in [5, 5.41) is 13.4. The Morgan fingerprint density at radius 1 is 1.18 bits per heavy atom. The maximum absolute atomic E-state index is 14.0. The molecule has 33 heavy (non-hydrogen) atoms. The van der Waals surface area contributed by atoms with Gasteiger partial charge in [-0.05, 0) is 35.7 Å². The van der Waals surface area contributed by atoms with E-state index in [1.54, 1.807) is 42.5 Å². The first-order chi connectivity index (χ1) is 15.6. The number of likely N-dealkylation sites (N-methyl/N-ethyl adjacent to an activating group) is 1. The van der Waals surface area contributed by atoms with Gasteiger partial charge in [-0.1, -0.05) is 58.0 Å². The van der Waals surface area contributed by atoms with Gasteiger partial charge in [0.15, 0.2) is 5.75 Å². The molecule has 0 saturated carbocycles. The second-order valence-corrected chi connectivity index (χ2v) is 9.33. The lowest BCUT2D eigenvalue weighted by Gasteiger charge is -2.35. The van der Waals surface area contributed by atoms with Gasteiger partial charge in [-0.3, -0.25) is 9.59 Å². The van der Waals surface area contributed by atoms with E-state index in [1.807, 2.05) is 27.7 Å². The molecule has 1 aliphatic rings. The normalized spacial score (nSPS) is 19.3. The average Bonchev–Trinajstić information content (AvgIpc) is 3.17. The first-order valence-electron chi connectivity index (χ1n) is 11.2. The lowest BCUT2D eigenvalue weighted by atomic mass is 9.85. The van der Waals surface area contributed by atoms with Crippen molar-refractivity contribution in [2.45, 2.75) is 52.3 Å². The van der Waals surface area contributed by atoms with Crippen molar-refractivity contribution in [2.24, 2.45) is 5.41 Å². The van der Waals surface area contributed by atoms with Gasteiger partial charge in [0, 0.05) is 18.5 Å². The molecule has 2 aromatic rings. The molecular weight excluding hydrogens is 425 g/mol. The zero-order valence-electron chi connectivity index (χ0n) is 19.5. The third-order valence-electron chi connectivity index (χ3n) is 5.69. The summed E-state index contributed by atoms with van der Waals surface area (Å²) >= 11 is 0. The summed E-state index contributed by atoms with van der Waals surface area (Å²) in [6, 6.07) is 11.8. The highest BCUT2D eigenvalue weighted by atomic mass is 19.1. The van der Waals surface area contributed by atoms with E-state index in [-0.39, 0.29) is 30.1 Å². The summed E-state index contributed by atoms with van der Waals surface area (Å²) in [4.78, 5) is 32.9. The lowest BCUT2D eigenvalue weighted by molar-refractivity contribution is -0.144. The van der Waals surface area contributed by atoms with Gasteiger partial charge in [-0.25, -0.2) is 4.39 Å². The van der Waals surface area contributed by atoms with E-state index in [0.29, 0.717) is 23.4 Å². The highest BCUT2D eigenvalue weighted by molar-refractivity contribution is 5.90. The van der Waals surface area contributed by atoms with Crippen LogP contribution in [0.3, 0.4) is 0 Å². The largest absolute Gasteiger partial charge is 0.391 e. The van der Waals surface area contributed by atoms with Crippen LogP contribution in [0.2, 0.25) is 0 Å². The molecule has 7 nitrogen and oxygen atoms in total. The Morgan fingerprint density at radius 3 is 2.45 bits per heavy atom. The molecule has 0 bridgehead atoms. The molecule has 0 aromatic heterocycles. The number of rotatable bonds is 7. The predicted molar refractivity (Wildman–Crippen MR) is 124 cm³/mol. The fourth-order valence-corrected chi connectivity index (χ4v) is 4.01. The van der Waals surface area contributed by atoms with E-state index >= 15 is 0 Å². The van der Waals surface area contributed by atoms with Crippen molar-refractivity contribution in [1.82, 2.24) is 15.7 Å². The Labute approximate surface area is 193 Å². The Morgan fingerprint density at radius 2 is 1.85 bits per heavy atom. The minimum Gasteiger partial charge on any atom is -0.391 e. The number of amides is 2. The summed E-state index contributed by atoms with van der Waals surface area (Å²) in [7, 11) is 0. The molecule has 178 valence electrons.